The molecule has 1 heterocycles. The fourth-order valence-corrected chi connectivity index (χ4v) is 2.19. The molecule has 1 amide bonds. The molecule has 0 aliphatic heterocycles. The van der Waals surface area contributed by atoms with Gasteiger partial charge < -0.3 is 10.6 Å². The van der Waals surface area contributed by atoms with E-state index in [1.165, 1.54) is 5.56 Å². The number of amides is 1. The number of benzene rings is 1. The summed E-state index contributed by atoms with van der Waals surface area (Å²) >= 11 is 0. The standard InChI is InChI=1S/C17H21N3O.ClH/c1-18-15(13-14-7-3-2-4-8-14)10-12-20-17(21)16-9-5-6-11-19-16;/h2-9,11,15,18H,10,12-13H2,1H3,(H,20,21);1H/t15-;/m1./s1. The van der Waals surface area contributed by atoms with Gasteiger partial charge in [-0.1, -0.05) is 36.4 Å². The summed E-state index contributed by atoms with van der Waals surface area (Å²) in [5.74, 6) is -0.120. The fraction of sp³-hybridized carbons (Fsp3) is 0.294. The lowest BCUT2D eigenvalue weighted by atomic mass is 10.0. The topological polar surface area (TPSA) is 54.0 Å². The Bertz CT molecular complexity index is 548. The van der Waals surface area contributed by atoms with Gasteiger partial charge in [0.25, 0.3) is 5.91 Å². The van der Waals surface area contributed by atoms with Crippen LogP contribution in [-0.2, 0) is 6.42 Å². The molecule has 4 nitrogen and oxygen atoms in total. The summed E-state index contributed by atoms with van der Waals surface area (Å²) in [7, 11) is 1.95. The maximum absolute atomic E-state index is 11.9. The van der Waals surface area contributed by atoms with Gasteiger partial charge in [0.15, 0.2) is 0 Å². The van der Waals surface area contributed by atoms with Crippen molar-refractivity contribution in [2.75, 3.05) is 13.6 Å². The Labute approximate surface area is 137 Å². The van der Waals surface area contributed by atoms with Gasteiger partial charge >= 0.3 is 0 Å². The van der Waals surface area contributed by atoms with E-state index in [1.54, 1.807) is 18.3 Å². The molecule has 0 saturated carbocycles. The van der Waals surface area contributed by atoms with Gasteiger partial charge in [0.05, 0.1) is 0 Å². The van der Waals surface area contributed by atoms with Crippen LogP contribution in [0.1, 0.15) is 22.5 Å². The first kappa shape index (κ1) is 18.1. The molecule has 0 saturated heterocycles. The third-order valence-corrected chi connectivity index (χ3v) is 3.41. The third kappa shape index (κ3) is 5.84. The van der Waals surface area contributed by atoms with Crippen molar-refractivity contribution in [1.82, 2.24) is 15.6 Å². The molecule has 1 atom stereocenters. The number of nitrogens with zero attached hydrogens (tertiary/aromatic N) is 1. The highest BCUT2D eigenvalue weighted by Gasteiger charge is 2.09. The summed E-state index contributed by atoms with van der Waals surface area (Å²) in [6.45, 7) is 0.633. The number of rotatable bonds is 7. The zero-order valence-electron chi connectivity index (χ0n) is 12.7. The molecule has 2 aromatic rings. The molecule has 0 bridgehead atoms. The number of carbonyl (C=O) groups is 1. The third-order valence-electron chi connectivity index (χ3n) is 3.41. The van der Waals surface area contributed by atoms with Crippen LogP contribution in [0.15, 0.2) is 54.7 Å². The maximum Gasteiger partial charge on any atom is 0.269 e. The monoisotopic (exact) mass is 319 g/mol. The Morgan fingerprint density at radius 1 is 1.14 bits per heavy atom. The minimum Gasteiger partial charge on any atom is -0.351 e. The predicted octanol–water partition coefficient (Wildman–Crippen LogP) is 2.45. The van der Waals surface area contributed by atoms with Crippen LogP contribution in [0.5, 0.6) is 0 Å². The molecule has 1 aromatic carbocycles. The molecular weight excluding hydrogens is 298 g/mol. The van der Waals surface area contributed by atoms with Gasteiger partial charge in [-0.2, -0.15) is 0 Å². The van der Waals surface area contributed by atoms with Crippen LogP contribution in [0, 0.1) is 0 Å². The highest BCUT2D eigenvalue weighted by Crippen LogP contribution is 2.05. The van der Waals surface area contributed by atoms with E-state index in [1.807, 2.05) is 31.3 Å². The largest absolute Gasteiger partial charge is 0.351 e. The zero-order chi connectivity index (χ0) is 14.9. The number of nitrogens with one attached hydrogen (secondary N) is 2. The van der Waals surface area contributed by atoms with Crippen LogP contribution in [0.3, 0.4) is 0 Å². The van der Waals surface area contributed by atoms with Crippen LogP contribution in [0.2, 0.25) is 0 Å². The van der Waals surface area contributed by atoms with E-state index in [4.69, 9.17) is 0 Å². The summed E-state index contributed by atoms with van der Waals surface area (Å²) in [5.41, 5.74) is 1.76. The first-order valence-corrected chi connectivity index (χ1v) is 7.20. The van der Waals surface area contributed by atoms with Gasteiger partial charge in [-0.05, 0) is 37.6 Å². The molecule has 2 N–H and O–H groups in total. The predicted molar refractivity (Wildman–Crippen MR) is 91.4 cm³/mol. The summed E-state index contributed by atoms with van der Waals surface area (Å²) in [6.07, 6.45) is 3.46. The van der Waals surface area contributed by atoms with Crippen molar-refractivity contribution in [3.63, 3.8) is 0 Å². The van der Waals surface area contributed by atoms with E-state index in [2.05, 4.69) is 27.8 Å². The van der Waals surface area contributed by atoms with Crippen LogP contribution >= 0.6 is 12.4 Å². The average molecular weight is 320 g/mol. The minimum atomic E-state index is -0.120. The number of hydrogen-bond acceptors (Lipinski definition) is 3. The lowest BCUT2D eigenvalue weighted by Crippen LogP contribution is -2.34. The number of carbonyl (C=O) groups excluding carboxylic acids is 1. The normalized spacial score (nSPS) is 11.3. The first-order chi connectivity index (χ1) is 10.3. The smallest absolute Gasteiger partial charge is 0.269 e. The van der Waals surface area contributed by atoms with E-state index in [9.17, 15) is 4.79 Å². The Kier molecular flexibility index (Phi) is 8.18. The average Bonchev–Trinajstić information content (AvgIpc) is 2.55. The lowest BCUT2D eigenvalue weighted by Gasteiger charge is -2.16. The molecule has 0 aliphatic rings. The van der Waals surface area contributed by atoms with E-state index in [0.29, 0.717) is 18.3 Å². The Morgan fingerprint density at radius 2 is 1.86 bits per heavy atom. The second-order valence-electron chi connectivity index (χ2n) is 4.93. The number of likely N-dealkylation sites (N-methyl/N-ethyl adjacent to an activating group) is 1. The Balaban J connectivity index is 0.00000242. The van der Waals surface area contributed by atoms with Gasteiger partial charge in [-0.15, -0.1) is 12.4 Å². The number of halogens is 1. The molecule has 22 heavy (non-hydrogen) atoms. The number of aromatic nitrogens is 1. The summed E-state index contributed by atoms with van der Waals surface area (Å²) in [5, 5.41) is 6.21. The molecule has 0 spiro atoms. The summed E-state index contributed by atoms with van der Waals surface area (Å²) in [4.78, 5) is 15.9. The van der Waals surface area contributed by atoms with Gasteiger partial charge in [0.1, 0.15) is 5.69 Å². The van der Waals surface area contributed by atoms with Crippen molar-refractivity contribution in [2.24, 2.45) is 0 Å². The van der Waals surface area contributed by atoms with Crippen molar-refractivity contribution in [2.45, 2.75) is 18.9 Å². The molecule has 0 unspecified atom stereocenters. The number of hydrogen-bond donors (Lipinski definition) is 2. The maximum atomic E-state index is 11.9. The molecular formula is C17H22ClN3O. The van der Waals surface area contributed by atoms with E-state index in [0.717, 1.165) is 12.8 Å². The van der Waals surface area contributed by atoms with Crippen molar-refractivity contribution in [3.8, 4) is 0 Å². The first-order valence-electron chi connectivity index (χ1n) is 7.20. The van der Waals surface area contributed by atoms with Crippen molar-refractivity contribution in [1.29, 1.82) is 0 Å². The summed E-state index contributed by atoms with van der Waals surface area (Å²) < 4.78 is 0. The minimum absolute atomic E-state index is 0. The van der Waals surface area contributed by atoms with E-state index < -0.39 is 0 Å². The zero-order valence-corrected chi connectivity index (χ0v) is 13.5. The molecule has 5 heteroatoms. The molecule has 1 aromatic heterocycles. The summed E-state index contributed by atoms with van der Waals surface area (Å²) in [6, 6.07) is 16.0. The van der Waals surface area contributed by atoms with Gasteiger partial charge in [-0.25, -0.2) is 0 Å². The highest BCUT2D eigenvalue weighted by atomic mass is 35.5. The SMILES string of the molecule is CN[C@H](CCNC(=O)c1ccccn1)Cc1ccccc1.Cl. The van der Waals surface area contributed by atoms with E-state index >= 15 is 0 Å². The number of pyridine rings is 1. The van der Waals surface area contributed by atoms with Crippen LogP contribution in [0.4, 0.5) is 0 Å². The van der Waals surface area contributed by atoms with Crippen molar-refractivity contribution < 1.29 is 4.79 Å². The van der Waals surface area contributed by atoms with Gasteiger partial charge in [0.2, 0.25) is 0 Å². The van der Waals surface area contributed by atoms with Crippen LogP contribution in [-0.4, -0.2) is 30.5 Å². The van der Waals surface area contributed by atoms with E-state index in [-0.39, 0.29) is 18.3 Å². The molecule has 118 valence electrons. The van der Waals surface area contributed by atoms with Crippen molar-refractivity contribution >= 4 is 18.3 Å². The van der Waals surface area contributed by atoms with Gasteiger partial charge in [-0.3, -0.25) is 9.78 Å². The molecule has 0 aliphatic carbocycles. The molecule has 0 fully saturated rings. The highest BCUT2D eigenvalue weighted by molar-refractivity contribution is 5.92. The van der Waals surface area contributed by atoms with Gasteiger partial charge in [0, 0.05) is 18.8 Å². The lowest BCUT2D eigenvalue weighted by molar-refractivity contribution is 0.0947. The fourth-order valence-electron chi connectivity index (χ4n) is 2.19. The second kappa shape index (κ2) is 9.92. The molecule has 2 rings (SSSR count). The Morgan fingerprint density at radius 3 is 2.50 bits per heavy atom. The Hall–Kier alpha value is -1.91. The molecule has 0 radical (unpaired) electrons. The van der Waals surface area contributed by atoms with Crippen LogP contribution in [0.25, 0.3) is 0 Å². The second-order valence-corrected chi connectivity index (χ2v) is 4.93. The van der Waals surface area contributed by atoms with Crippen molar-refractivity contribution in [3.05, 3.63) is 66.0 Å². The van der Waals surface area contributed by atoms with Crippen LogP contribution < -0.4 is 10.6 Å². The quantitative estimate of drug-likeness (QED) is 0.824.